The normalized spacial score (nSPS) is 17.1. The Hall–Kier alpha value is -2.44. The Labute approximate surface area is 149 Å². The van der Waals surface area contributed by atoms with E-state index in [1.807, 2.05) is 28.7 Å². The highest BCUT2D eigenvalue weighted by Crippen LogP contribution is 2.22. The quantitative estimate of drug-likeness (QED) is 0.780. The first kappa shape index (κ1) is 16.1. The van der Waals surface area contributed by atoms with Gasteiger partial charge in [-0.1, -0.05) is 23.7 Å². The third-order valence-electron chi connectivity index (χ3n) is 4.27. The number of hydrogen-bond donors (Lipinski definition) is 1. The zero-order valence-corrected chi connectivity index (χ0v) is 14.2. The van der Waals surface area contributed by atoms with Gasteiger partial charge >= 0.3 is 0 Å². The van der Waals surface area contributed by atoms with E-state index in [-0.39, 0.29) is 12.0 Å². The Morgan fingerprint density at radius 2 is 2.24 bits per heavy atom. The van der Waals surface area contributed by atoms with Crippen LogP contribution in [0.15, 0.2) is 42.6 Å². The van der Waals surface area contributed by atoms with Crippen molar-refractivity contribution in [1.82, 2.24) is 19.9 Å². The van der Waals surface area contributed by atoms with Crippen LogP contribution in [0.25, 0.3) is 17.0 Å². The molecule has 1 aliphatic rings. The standard InChI is InChI=1S/C18H17ClN4O2/c19-14-4-1-3-12(9-14)17-22-21-16-10-13(6-7-23(16)17)18(24)20-11-15-5-2-8-25-15/h1,3-4,6-7,9-10,15H,2,5,8,11H2,(H,20,24). The van der Waals surface area contributed by atoms with E-state index in [2.05, 4.69) is 15.5 Å². The largest absolute Gasteiger partial charge is 0.376 e. The molecular formula is C18H17ClN4O2. The van der Waals surface area contributed by atoms with Crippen molar-refractivity contribution in [2.75, 3.05) is 13.2 Å². The molecule has 1 aliphatic heterocycles. The van der Waals surface area contributed by atoms with Gasteiger partial charge in [-0.3, -0.25) is 9.20 Å². The van der Waals surface area contributed by atoms with E-state index in [1.165, 1.54) is 0 Å². The summed E-state index contributed by atoms with van der Waals surface area (Å²) in [4.78, 5) is 12.3. The topological polar surface area (TPSA) is 68.5 Å². The van der Waals surface area contributed by atoms with Crippen LogP contribution in [0, 0.1) is 0 Å². The summed E-state index contributed by atoms with van der Waals surface area (Å²) in [5, 5.41) is 11.9. The molecule has 7 heteroatoms. The first-order chi connectivity index (χ1) is 12.2. The second-order valence-electron chi connectivity index (χ2n) is 6.02. The number of carbonyl (C=O) groups excluding carboxylic acids is 1. The molecule has 1 atom stereocenters. The van der Waals surface area contributed by atoms with E-state index in [4.69, 9.17) is 16.3 Å². The molecule has 0 aliphatic carbocycles. The molecule has 128 valence electrons. The molecule has 1 N–H and O–H groups in total. The number of halogens is 1. The van der Waals surface area contributed by atoms with Gasteiger partial charge < -0.3 is 10.1 Å². The summed E-state index contributed by atoms with van der Waals surface area (Å²) in [6.07, 6.45) is 3.97. The van der Waals surface area contributed by atoms with Gasteiger partial charge in [-0.2, -0.15) is 0 Å². The smallest absolute Gasteiger partial charge is 0.251 e. The lowest BCUT2D eigenvalue weighted by molar-refractivity contribution is 0.0858. The van der Waals surface area contributed by atoms with Gasteiger partial charge in [0.15, 0.2) is 11.5 Å². The number of rotatable bonds is 4. The first-order valence-electron chi connectivity index (χ1n) is 8.21. The van der Waals surface area contributed by atoms with Gasteiger partial charge in [0.2, 0.25) is 0 Å². The number of nitrogens with one attached hydrogen (secondary N) is 1. The highest BCUT2D eigenvalue weighted by Gasteiger charge is 2.17. The Bertz CT molecular complexity index is 918. The summed E-state index contributed by atoms with van der Waals surface area (Å²) in [5.74, 6) is 0.550. The minimum atomic E-state index is -0.134. The number of ether oxygens (including phenoxy) is 1. The Morgan fingerprint density at radius 3 is 3.04 bits per heavy atom. The fourth-order valence-corrected chi connectivity index (χ4v) is 3.16. The summed E-state index contributed by atoms with van der Waals surface area (Å²) < 4.78 is 7.36. The van der Waals surface area contributed by atoms with E-state index in [9.17, 15) is 4.79 Å². The van der Waals surface area contributed by atoms with Gasteiger partial charge in [0.1, 0.15) is 0 Å². The number of amides is 1. The molecule has 1 aromatic carbocycles. The molecule has 0 spiro atoms. The number of nitrogens with zero attached hydrogens (tertiary/aromatic N) is 3. The number of hydrogen-bond acceptors (Lipinski definition) is 4. The minimum absolute atomic E-state index is 0.121. The zero-order valence-electron chi connectivity index (χ0n) is 13.5. The van der Waals surface area contributed by atoms with Crippen molar-refractivity contribution >= 4 is 23.2 Å². The molecule has 1 unspecified atom stereocenters. The Morgan fingerprint density at radius 1 is 1.32 bits per heavy atom. The Balaban J connectivity index is 1.55. The lowest BCUT2D eigenvalue weighted by Gasteiger charge is -2.10. The summed E-state index contributed by atoms with van der Waals surface area (Å²) in [6.45, 7) is 1.31. The lowest BCUT2D eigenvalue weighted by Crippen LogP contribution is -2.31. The highest BCUT2D eigenvalue weighted by molar-refractivity contribution is 6.30. The van der Waals surface area contributed by atoms with E-state index >= 15 is 0 Å². The van der Waals surface area contributed by atoms with Crippen molar-refractivity contribution in [2.45, 2.75) is 18.9 Å². The molecule has 1 amide bonds. The van der Waals surface area contributed by atoms with Crippen LogP contribution in [0.4, 0.5) is 0 Å². The molecule has 1 saturated heterocycles. The number of aromatic nitrogens is 3. The maximum Gasteiger partial charge on any atom is 0.251 e. The van der Waals surface area contributed by atoms with Crippen LogP contribution < -0.4 is 5.32 Å². The van der Waals surface area contributed by atoms with Crippen molar-refractivity contribution in [3.63, 3.8) is 0 Å². The molecule has 2 aromatic heterocycles. The molecule has 1 fully saturated rings. The van der Waals surface area contributed by atoms with E-state index in [0.29, 0.717) is 28.6 Å². The van der Waals surface area contributed by atoms with Gasteiger partial charge in [-0.15, -0.1) is 10.2 Å². The summed E-state index contributed by atoms with van der Waals surface area (Å²) >= 11 is 6.05. The summed E-state index contributed by atoms with van der Waals surface area (Å²) in [6, 6.07) is 10.9. The van der Waals surface area contributed by atoms with Gasteiger partial charge in [-0.05, 0) is 37.1 Å². The van der Waals surface area contributed by atoms with Gasteiger partial charge in [0, 0.05) is 35.5 Å². The third kappa shape index (κ3) is 3.36. The molecular weight excluding hydrogens is 340 g/mol. The SMILES string of the molecule is O=C(NCC1CCCO1)c1ccn2c(-c3cccc(Cl)c3)nnc2c1. The number of benzene rings is 1. The van der Waals surface area contributed by atoms with Crippen LogP contribution in [-0.2, 0) is 4.74 Å². The predicted octanol–water partition coefficient (Wildman–Crippen LogP) is 2.96. The van der Waals surface area contributed by atoms with Crippen molar-refractivity contribution in [1.29, 1.82) is 0 Å². The van der Waals surface area contributed by atoms with Crippen molar-refractivity contribution in [3.8, 4) is 11.4 Å². The number of carbonyl (C=O) groups is 1. The van der Waals surface area contributed by atoms with E-state index < -0.39 is 0 Å². The molecule has 6 nitrogen and oxygen atoms in total. The van der Waals surface area contributed by atoms with Crippen LogP contribution in [0.5, 0.6) is 0 Å². The maximum absolute atomic E-state index is 12.3. The fraction of sp³-hybridized carbons (Fsp3) is 0.278. The predicted molar refractivity (Wildman–Crippen MR) is 94.7 cm³/mol. The summed E-state index contributed by atoms with van der Waals surface area (Å²) in [5.41, 5.74) is 2.03. The molecule has 25 heavy (non-hydrogen) atoms. The zero-order chi connectivity index (χ0) is 17.2. The van der Waals surface area contributed by atoms with Gasteiger partial charge in [0.25, 0.3) is 5.91 Å². The second kappa shape index (κ2) is 6.82. The van der Waals surface area contributed by atoms with Crippen molar-refractivity contribution in [2.24, 2.45) is 0 Å². The number of fused-ring (bicyclic) bond motifs is 1. The van der Waals surface area contributed by atoms with Crippen molar-refractivity contribution < 1.29 is 9.53 Å². The van der Waals surface area contributed by atoms with Crippen molar-refractivity contribution in [3.05, 3.63) is 53.2 Å². The molecule has 3 aromatic rings. The molecule has 0 saturated carbocycles. The fourth-order valence-electron chi connectivity index (χ4n) is 2.97. The van der Waals surface area contributed by atoms with Crippen LogP contribution in [0.3, 0.4) is 0 Å². The highest BCUT2D eigenvalue weighted by atomic mass is 35.5. The molecule has 0 bridgehead atoms. The van der Waals surface area contributed by atoms with Crippen LogP contribution in [0.1, 0.15) is 23.2 Å². The molecule has 3 heterocycles. The Kier molecular flexibility index (Phi) is 4.38. The first-order valence-corrected chi connectivity index (χ1v) is 8.59. The average Bonchev–Trinajstić information content (AvgIpc) is 3.28. The number of pyridine rings is 1. The second-order valence-corrected chi connectivity index (χ2v) is 6.46. The van der Waals surface area contributed by atoms with E-state index in [1.54, 1.807) is 18.3 Å². The van der Waals surface area contributed by atoms with Crippen LogP contribution in [0.2, 0.25) is 5.02 Å². The monoisotopic (exact) mass is 356 g/mol. The molecule has 0 radical (unpaired) electrons. The van der Waals surface area contributed by atoms with E-state index in [0.717, 1.165) is 25.0 Å². The minimum Gasteiger partial charge on any atom is -0.376 e. The van der Waals surface area contributed by atoms with Crippen LogP contribution in [-0.4, -0.2) is 39.8 Å². The maximum atomic E-state index is 12.3. The average molecular weight is 357 g/mol. The van der Waals surface area contributed by atoms with Crippen LogP contribution >= 0.6 is 11.6 Å². The van der Waals surface area contributed by atoms with Gasteiger partial charge in [0.05, 0.1) is 6.10 Å². The molecule has 4 rings (SSSR count). The third-order valence-corrected chi connectivity index (χ3v) is 4.50. The summed E-state index contributed by atoms with van der Waals surface area (Å²) in [7, 11) is 0. The lowest BCUT2D eigenvalue weighted by atomic mass is 10.2. The van der Waals surface area contributed by atoms with Gasteiger partial charge in [-0.25, -0.2) is 0 Å².